The molecule has 0 saturated carbocycles. The fourth-order valence-corrected chi connectivity index (χ4v) is 3.36. The van der Waals surface area contributed by atoms with Crippen LogP contribution in [0.15, 0.2) is 30.3 Å². The van der Waals surface area contributed by atoms with Gasteiger partial charge in [-0.15, -0.1) is 12.4 Å². The molecule has 0 aliphatic carbocycles. The molecule has 1 aromatic carbocycles. The number of halogens is 1. The summed E-state index contributed by atoms with van der Waals surface area (Å²) in [5, 5.41) is 3.29. The third-order valence-electron chi connectivity index (χ3n) is 4.76. The van der Waals surface area contributed by atoms with E-state index in [-0.39, 0.29) is 36.3 Å². The largest absolute Gasteiger partial charge is 0.378 e. The van der Waals surface area contributed by atoms with Gasteiger partial charge in [-0.25, -0.2) is 0 Å². The average Bonchev–Trinajstić information content (AvgIpc) is 2.63. The molecule has 0 bridgehead atoms. The normalized spacial score (nSPS) is 23.7. The third-order valence-corrected chi connectivity index (χ3v) is 4.76. The summed E-state index contributed by atoms with van der Waals surface area (Å²) in [6.07, 6.45) is 1.98. The maximum atomic E-state index is 12.9. The molecule has 1 N–H and O–H groups in total. The zero-order valence-corrected chi connectivity index (χ0v) is 15.3. The minimum absolute atomic E-state index is 0. The van der Waals surface area contributed by atoms with Gasteiger partial charge >= 0.3 is 0 Å². The lowest BCUT2D eigenvalue weighted by atomic mass is 10.0. The van der Waals surface area contributed by atoms with Crippen LogP contribution in [0, 0.1) is 0 Å². The minimum atomic E-state index is -0.379. The molecule has 2 amide bonds. The van der Waals surface area contributed by atoms with Gasteiger partial charge in [-0.2, -0.15) is 0 Å². The van der Waals surface area contributed by atoms with E-state index < -0.39 is 0 Å². The number of amides is 2. The summed E-state index contributed by atoms with van der Waals surface area (Å²) in [7, 11) is 1.74. The summed E-state index contributed by atoms with van der Waals surface area (Å²) in [5.74, 6) is 0.00224. The van der Waals surface area contributed by atoms with Crippen molar-refractivity contribution in [1.82, 2.24) is 10.2 Å². The van der Waals surface area contributed by atoms with Crippen molar-refractivity contribution in [3.63, 3.8) is 0 Å². The maximum Gasteiger partial charge on any atom is 0.249 e. The van der Waals surface area contributed by atoms with Crippen LogP contribution in [0.2, 0.25) is 0 Å². The molecular formula is C18H26ClN3O3. The van der Waals surface area contributed by atoms with Crippen molar-refractivity contribution in [1.29, 1.82) is 0 Å². The Morgan fingerprint density at radius 2 is 2.12 bits per heavy atom. The van der Waals surface area contributed by atoms with Gasteiger partial charge in [0.05, 0.1) is 13.2 Å². The molecule has 2 heterocycles. The second-order valence-electron chi connectivity index (χ2n) is 6.42. The number of ether oxygens (including phenoxy) is 1. The number of anilines is 1. The zero-order valence-electron chi connectivity index (χ0n) is 14.5. The van der Waals surface area contributed by atoms with Gasteiger partial charge in [0.2, 0.25) is 11.8 Å². The third kappa shape index (κ3) is 4.71. The van der Waals surface area contributed by atoms with E-state index in [1.165, 1.54) is 0 Å². The monoisotopic (exact) mass is 367 g/mol. The van der Waals surface area contributed by atoms with E-state index in [4.69, 9.17) is 4.74 Å². The zero-order chi connectivity index (χ0) is 16.9. The molecule has 2 aliphatic rings. The number of hydrogen-bond acceptors (Lipinski definition) is 4. The van der Waals surface area contributed by atoms with Gasteiger partial charge in [-0.05, 0) is 25.0 Å². The van der Waals surface area contributed by atoms with E-state index >= 15 is 0 Å². The minimum Gasteiger partial charge on any atom is -0.378 e. The molecule has 2 unspecified atom stereocenters. The fraction of sp³-hybridized carbons (Fsp3) is 0.556. The molecule has 2 fully saturated rings. The van der Waals surface area contributed by atoms with Crippen LogP contribution in [0.5, 0.6) is 0 Å². The highest BCUT2D eigenvalue weighted by Gasteiger charge is 2.35. The summed E-state index contributed by atoms with van der Waals surface area (Å²) in [4.78, 5) is 28.8. The molecule has 3 rings (SSSR count). The number of hydrogen-bond donors (Lipinski definition) is 1. The highest BCUT2D eigenvalue weighted by atomic mass is 35.5. The molecule has 7 heteroatoms. The highest BCUT2D eigenvalue weighted by molar-refractivity contribution is 5.99. The van der Waals surface area contributed by atoms with Gasteiger partial charge in [0, 0.05) is 38.3 Å². The molecule has 2 atom stereocenters. The van der Waals surface area contributed by atoms with E-state index in [1.54, 1.807) is 16.8 Å². The highest BCUT2D eigenvalue weighted by Crippen LogP contribution is 2.23. The molecule has 1 aromatic rings. The van der Waals surface area contributed by atoms with Gasteiger partial charge in [-0.1, -0.05) is 18.2 Å². The van der Waals surface area contributed by atoms with Gasteiger partial charge in [0.25, 0.3) is 0 Å². The Morgan fingerprint density at radius 1 is 1.36 bits per heavy atom. The number of nitrogens with zero attached hydrogens (tertiary/aromatic N) is 2. The predicted molar refractivity (Wildman–Crippen MR) is 99.1 cm³/mol. The molecule has 2 aliphatic heterocycles. The van der Waals surface area contributed by atoms with Crippen LogP contribution in [-0.4, -0.2) is 62.1 Å². The molecule has 0 spiro atoms. The van der Waals surface area contributed by atoms with Crippen LogP contribution in [0.25, 0.3) is 0 Å². The maximum absolute atomic E-state index is 12.9. The number of carbonyl (C=O) groups excluding carboxylic acids is 2. The van der Waals surface area contributed by atoms with Gasteiger partial charge in [0.15, 0.2) is 0 Å². The van der Waals surface area contributed by atoms with Crippen LogP contribution in [0.3, 0.4) is 0 Å². The topological polar surface area (TPSA) is 61.9 Å². The summed E-state index contributed by atoms with van der Waals surface area (Å²) in [5.41, 5.74) is 0.899. The Balaban J connectivity index is 0.00000225. The smallest absolute Gasteiger partial charge is 0.249 e. The van der Waals surface area contributed by atoms with Gasteiger partial charge < -0.3 is 19.9 Å². The van der Waals surface area contributed by atoms with Crippen molar-refractivity contribution in [3.8, 4) is 0 Å². The first-order chi connectivity index (χ1) is 11.7. The first kappa shape index (κ1) is 19.7. The van der Waals surface area contributed by atoms with Crippen molar-refractivity contribution in [2.75, 3.05) is 38.3 Å². The average molecular weight is 368 g/mol. The van der Waals surface area contributed by atoms with Crippen molar-refractivity contribution in [2.24, 2.45) is 0 Å². The number of benzene rings is 1. The molecular weight excluding hydrogens is 342 g/mol. The Bertz CT molecular complexity index is 578. The van der Waals surface area contributed by atoms with Crippen LogP contribution >= 0.6 is 12.4 Å². The molecule has 0 radical (unpaired) electrons. The lowest BCUT2D eigenvalue weighted by molar-refractivity contribution is -0.139. The second kappa shape index (κ2) is 9.17. The lowest BCUT2D eigenvalue weighted by Crippen LogP contribution is -2.54. The van der Waals surface area contributed by atoms with Crippen molar-refractivity contribution in [3.05, 3.63) is 30.3 Å². The predicted octanol–water partition coefficient (Wildman–Crippen LogP) is 1.44. The van der Waals surface area contributed by atoms with E-state index in [1.807, 2.05) is 30.3 Å². The molecule has 2 saturated heterocycles. The Morgan fingerprint density at radius 3 is 2.80 bits per heavy atom. The number of carbonyl (C=O) groups is 2. The Labute approximate surface area is 154 Å². The van der Waals surface area contributed by atoms with Crippen molar-refractivity contribution < 1.29 is 14.3 Å². The standard InChI is InChI=1S/C18H25N3O3.ClH/c1-20(17(22)12-14-13-24-11-9-19-14)16-8-5-10-21(18(16)23)15-6-3-2-4-7-15;/h2-4,6-7,14,16,19H,5,8-13H2,1H3;1H. The van der Waals surface area contributed by atoms with E-state index in [9.17, 15) is 9.59 Å². The summed E-state index contributed by atoms with van der Waals surface area (Å²) >= 11 is 0. The molecule has 25 heavy (non-hydrogen) atoms. The summed E-state index contributed by atoms with van der Waals surface area (Å²) in [6.45, 7) is 2.72. The Kier molecular flexibility index (Phi) is 7.23. The first-order valence-corrected chi connectivity index (χ1v) is 8.60. The number of rotatable bonds is 4. The van der Waals surface area contributed by atoms with E-state index in [0.717, 1.165) is 25.1 Å². The molecule has 138 valence electrons. The van der Waals surface area contributed by atoms with Crippen LogP contribution in [0.1, 0.15) is 19.3 Å². The van der Waals surface area contributed by atoms with Gasteiger partial charge in [-0.3, -0.25) is 9.59 Å². The molecule has 6 nitrogen and oxygen atoms in total. The Hall–Kier alpha value is -1.63. The number of nitrogens with one attached hydrogen (secondary N) is 1. The fourth-order valence-electron chi connectivity index (χ4n) is 3.36. The van der Waals surface area contributed by atoms with E-state index in [0.29, 0.717) is 26.2 Å². The SMILES string of the molecule is CN(C(=O)CC1COCCN1)C1CCCN(c2ccccc2)C1=O.Cl. The van der Waals surface area contributed by atoms with Crippen LogP contribution < -0.4 is 10.2 Å². The van der Waals surface area contributed by atoms with Crippen molar-refractivity contribution in [2.45, 2.75) is 31.3 Å². The number of piperidine rings is 1. The summed E-state index contributed by atoms with van der Waals surface area (Å²) in [6, 6.07) is 9.32. The van der Waals surface area contributed by atoms with Gasteiger partial charge in [0.1, 0.15) is 6.04 Å². The lowest BCUT2D eigenvalue weighted by Gasteiger charge is -2.37. The van der Waals surface area contributed by atoms with Crippen LogP contribution in [-0.2, 0) is 14.3 Å². The molecule has 0 aromatic heterocycles. The van der Waals surface area contributed by atoms with Crippen molar-refractivity contribution >= 4 is 29.9 Å². The first-order valence-electron chi connectivity index (χ1n) is 8.60. The number of morpholine rings is 1. The van der Waals surface area contributed by atoms with E-state index in [2.05, 4.69) is 5.32 Å². The number of para-hydroxylation sites is 1. The summed E-state index contributed by atoms with van der Waals surface area (Å²) < 4.78 is 5.40. The number of likely N-dealkylation sites (N-methyl/N-ethyl adjacent to an activating group) is 1. The van der Waals surface area contributed by atoms with Crippen LogP contribution in [0.4, 0.5) is 5.69 Å². The second-order valence-corrected chi connectivity index (χ2v) is 6.42. The quantitative estimate of drug-likeness (QED) is 0.874.